The monoisotopic (exact) mass is 216 g/mol. The van der Waals surface area contributed by atoms with E-state index in [0.29, 0.717) is 12.0 Å². The molecule has 82 valence electrons. The van der Waals surface area contributed by atoms with Gasteiger partial charge in [0.05, 0.1) is 5.92 Å². The van der Waals surface area contributed by atoms with Gasteiger partial charge in [0, 0.05) is 24.7 Å². The Morgan fingerprint density at radius 2 is 2.40 bits per heavy atom. The zero-order chi connectivity index (χ0) is 11.2. The summed E-state index contributed by atoms with van der Waals surface area (Å²) in [7, 11) is 1.55. The van der Waals surface area contributed by atoms with Crippen LogP contribution in [0.4, 0.5) is 8.78 Å². The van der Waals surface area contributed by atoms with Gasteiger partial charge in [-0.05, 0) is 6.42 Å². The first-order chi connectivity index (χ1) is 7.00. The first-order valence-corrected chi connectivity index (χ1v) is 4.55. The molecule has 0 unspecified atom stereocenters. The first-order valence-electron chi connectivity index (χ1n) is 4.55. The number of rotatable bonds is 3. The van der Waals surface area contributed by atoms with Gasteiger partial charge in [0.2, 0.25) is 0 Å². The van der Waals surface area contributed by atoms with Crippen molar-refractivity contribution in [3.8, 4) is 0 Å². The van der Waals surface area contributed by atoms with Crippen molar-refractivity contribution in [3.63, 3.8) is 0 Å². The molecule has 1 N–H and O–H groups in total. The molecule has 15 heavy (non-hydrogen) atoms. The Balaban J connectivity index is 2.26. The summed E-state index contributed by atoms with van der Waals surface area (Å²) < 4.78 is 26.4. The summed E-state index contributed by atoms with van der Waals surface area (Å²) in [5.74, 6) is -1.74. The molecular formula is C9H10F2N2O2. The number of aliphatic carboxylic acids is 1. The van der Waals surface area contributed by atoms with Crippen molar-refractivity contribution in [2.24, 2.45) is 13.0 Å². The van der Waals surface area contributed by atoms with E-state index in [1.165, 1.54) is 10.9 Å². The number of aryl methyl sites for hydroxylation is 1. The highest BCUT2D eigenvalue weighted by Gasteiger charge is 2.46. The summed E-state index contributed by atoms with van der Waals surface area (Å²) in [6.07, 6.45) is -0.730. The van der Waals surface area contributed by atoms with Gasteiger partial charge >= 0.3 is 5.97 Å². The van der Waals surface area contributed by atoms with E-state index in [1.807, 2.05) is 0 Å². The Labute approximate surface area is 84.5 Å². The van der Waals surface area contributed by atoms with Crippen LogP contribution in [-0.4, -0.2) is 20.9 Å². The molecule has 0 radical (unpaired) electrons. The Morgan fingerprint density at radius 1 is 1.73 bits per heavy atom. The fourth-order valence-electron chi connectivity index (χ4n) is 1.79. The Bertz CT molecular complexity index is 403. The number of hydrogen-bond donors (Lipinski definition) is 1. The van der Waals surface area contributed by atoms with Crippen LogP contribution in [0.15, 0.2) is 6.20 Å². The number of carboxylic acid groups (broad SMARTS) is 1. The Kier molecular flexibility index (Phi) is 2.21. The summed E-state index contributed by atoms with van der Waals surface area (Å²) in [5, 5.41) is 12.3. The minimum atomic E-state index is -2.64. The van der Waals surface area contributed by atoms with Gasteiger partial charge in [-0.25, -0.2) is 8.78 Å². The zero-order valence-electron chi connectivity index (χ0n) is 8.02. The van der Waals surface area contributed by atoms with E-state index in [9.17, 15) is 13.6 Å². The van der Waals surface area contributed by atoms with E-state index in [2.05, 4.69) is 5.10 Å². The van der Waals surface area contributed by atoms with Crippen LogP contribution in [0.1, 0.15) is 30.0 Å². The maximum atomic E-state index is 12.5. The van der Waals surface area contributed by atoms with Crippen molar-refractivity contribution in [3.05, 3.63) is 17.5 Å². The molecular weight excluding hydrogens is 206 g/mol. The second kappa shape index (κ2) is 3.29. The van der Waals surface area contributed by atoms with Crippen LogP contribution in [0.5, 0.6) is 0 Å². The molecule has 1 saturated carbocycles. The number of halogens is 2. The summed E-state index contributed by atoms with van der Waals surface area (Å²) in [4.78, 5) is 10.6. The molecule has 0 bridgehead atoms. The lowest BCUT2D eigenvalue weighted by Gasteiger charge is -1.97. The Morgan fingerprint density at radius 3 is 2.87 bits per heavy atom. The average Bonchev–Trinajstić information content (AvgIpc) is 2.83. The highest BCUT2D eigenvalue weighted by Crippen LogP contribution is 2.49. The molecule has 1 aliphatic rings. The molecule has 1 aromatic rings. The molecule has 1 fully saturated rings. The highest BCUT2D eigenvalue weighted by atomic mass is 19.3. The van der Waals surface area contributed by atoms with Crippen LogP contribution in [0.3, 0.4) is 0 Å². The molecule has 1 aromatic heterocycles. The summed E-state index contributed by atoms with van der Waals surface area (Å²) in [6, 6.07) is 0. The van der Waals surface area contributed by atoms with Crippen LogP contribution >= 0.6 is 0 Å². The van der Waals surface area contributed by atoms with Gasteiger partial charge in [-0.3, -0.25) is 9.48 Å². The fourth-order valence-corrected chi connectivity index (χ4v) is 1.79. The number of hydrogen-bond acceptors (Lipinski definition) is 2. The van der Waals surface area contributed by atoms with Crippen molar-refractivity contribution in [2.45, 2.75) is 18.8 Å². The second-order valence-corrected chi connectivity index (χ2v) is 3.73. The van der Waals surface area contributed by atoms with Crippen molar-refractivity contribution >= 4 is 5.97 Å². The summed E-state index contributed by atoms with van der Waals surface area (Å²) in [6.45, 7) is 0. The van der Waals surface area contributed by atoms with Crippen LogP contribution in [0.25, 0.3) is 0 Å². The lowest BCUT2D eigenvalue weighted by Crippen LogP contribution is -2.00. The molecule has 4 nitrogen and oxygen atoms in total. The number of alkyl halides is 2. The largest absolute Gasteiger partial charge is 0.481 e. The predicted molar refractivity (Wildman–Crippen MR) is 46.6 cm³/mol. The van der Waals surface area contributed by atoms with Gasteiger partial charge in [0.15, 0.2) is 0 Å². The van der Waals surface area contributed by atoms with E-state index in [1.54, 1.807) is 7.05 Å². The summed E-state index contributed by atoms with van der Waals surface area (Å²) in [5.41, 5.74) is 0.0890. The van der Waals surface area contributed by atoms with Crippen molar-refractivity contribution in [1.82, 2.24) is 9.78 Å². The van der Waals surface area contributed by atoms with Gasteiger partial charge in [0.25, 0.3) is 6.43 Å². The predicted octanol–water partition coefficient (Wildman–Crippen LogP) is 1.55. The topological polar surface area (TPSA) is 55.1 Å². The van der Waals surface area contributed by atoms with Crippen LogP contribution in [0.2, 0.25) is 0 Å². The van der Waals surface area contributed by atoms with Crippen molar-refractivity contribution < 1.29 is 18.7 Å². The maximum absolute atomic E-state index is 12.5. The van der Waals surface area contributed by atoms with E-state index in [4.69, 9.17) is 5.11 Å². The first kappa shape index (κ1) is 10.1. The standard InChI is InChI=1S/C9H10F2N2O2/c1-13-3-6(7(12-13)8(10)11)4-2-5(4)9(14)15/h3-5,8H,2H2,1H3,(H,14,15)/t4-,5-/m1/s1. The third-order valence-corrected chi connectivity index (χ3v) is 2.60. The number of aromatic nitrogens is 2. The quantitative estimate of drug-likeness (QED) is 0.833. The van der Waals surface area contributed by atoms with Gasteiger partial charge in [0.1, 0.15) is 5.69 Å². The third kappa shape index (κ3) is 1.71. The highest BCUT2D eigenvalue weighted by molar-refractivity contribution is 5.75. The molecule has 0 aromatic carbocycles. The zero-order valence-corrected chi connectivity index (χ0v) is 8.02. The molecule has 0 amide bonds. The average molecular weight is 216 g/mol. The number of carbonyl (C=O) groups is 1. The molecule has 2 atom stereocenters. The molecule has 0 saturated heterocycles. The molecule has 0 spiro atoms. The Hall–Kier alpha value is -1.46. The van der Waals surface area contributed by atoms with E-state index >= 15 is 0 Å². The van der Waals surface area contributed by atoms with Crippen molar-refractivity contribution in [1.29, 1.82) is 0 Å². The molecule has 2 rings (SSSR count). The minimum Gasteiger partial charge on any atom is -0.481 e. The van der Waals surface area contributed by atoms with E-state index < -0.39 is 18.3 Å². The van der Waals surface area contributed by atoms with E-state index in [-0.39, 0.29) is 11.6 Å². The smallest absolute Gasteiger partial charge is 0.307 e. The van der Waals surface area contributed by atoms with Gasteiger partial charge in [-0.15, -0.1) is 0 Å². The lowest BCUT2D eigenvalue weighted by atomic mass is 10.1. The number of nitrogens with zero attached hydrogens (tertiary/aromatic N) is 2. The normalized spacial score (nSPS) is 24.5. The number of carboxylic acids is 1. The van der Waals surface area contributed by atoms with E-state index in [0.717, 1.165) is 0 Å². The minimum absolute atomic E-state index is 0.286. The second-order valence-electron chi connectivity index (χ2n) is 3.73. The van der Waals surface area contributed by atoms with Crippen molar-refractivity contribution in [2.75, 3.05) is 0 Å². The fraction of sp³-hybridized carbons (Fsp3) is 0.556. The molecule has 0 aliphatic heterocycles. The van der Waals surface area contributed by atoms with Crippen LogP contribution < -0.4 is 0 Å². The molecule has 6 heteroatoms. The SMILES string of the molecule is Cn1cc([C@@H]2C[C@H]2C(=O)O)c(C(F)F)n1. The molecule has 1 heterocycles. The van der Waals surface area contributed by atoms with Gasteiger partial charge in [-0.1, -0.05) is 0 Å². The van der Waals surface area contributed by atoms with Crippen LogP contribution in [-0.2, 0) is 11.8 Å². The van der Waals surface area contributed by atoms with Crippen LogP contribution in [0, 0.1) is 5.92 Å². The van der Waals surface area contributed by atoms with Gasteiger partial charge in [-0.2, -0.15) is 5.10 Å². The maximum Gasteiger partial charge on any atom is 0.307 e. The molecule has 1 aliphatic carbocycles. The summed E-state index contributed by atoms with van der Waals surface area (Å²) >= 11 is 0. The third-order valence-electron chi connectivity index (χ3n) is 2.60. The lowest BCUT2D eigenvalue weighted by molar-refractivity contribution is -0.138. The van der Waals surface area contributed by atoms with Gasteiger partial charge < -0.3 is 5.11 Å².